The average molecular weight is 289 g/mol. The second kappa shape index (κ2) is 6.83. The summed E-state index contributed by atoms with van der Waals surface area (Å²) in [5.74, 6) is 1.72. The molecule has 1 atom stereocenters. The Balaban J connectivity index is 2.04. The Bertz CT molecular complexity index is 425. The summed E-state index contributed by atoms with van der Waals surface area (Å²) in [5, 5.41) is 3.53. The second-order valence-corrected chi connectivity index (χ2v) is 7.50. The first-order valence-corrected chi connectivity index (χ1v) is 8.35. The predicted octanol–water partition coefficient (Wildman–Crippen LogP) is 4.95. The average Bonchev–Trinajstić information content (AvgIpc) is 2.42. The smallest absolute Gasteiger partial charge is 0.119 e. The molecule has 2 rings (SSSR count). The molecule has 1 N–H and O–H groups in total. The quantitative estimate of drug-likeness (QED) is 0.828. The molecule has 0 saturated heterocycles. The Labute approximate surface area is 130 Å². The number of ether oxygens (including phenoxy) is 1. The van der Waals surface area contributed by atoms with Gasteiger partial charge in [-0.1, -0.05) is 26.0 Å². The summed E-state index contributed by atoms with van der Waals surface area (Å²) in [4.78, 5) is 0. The standard InChI is InChI=1S/C19H31NO/c1-14(2)21-17-8-6-15(7-9-17)18(20-5)16-10-12-19(3,4)13-11-16/h6-9,14,16,18,20H,10-13H2,1-5H3. The van der Waals surface area contributed by atoms with Gasteiger partial charge in [0, 0.05) is 6.04 Å². The molecule has 118 valence electrons. The molecule has 1 fully saturated rings. The lowest BCUT2D eigenvalue weighted by atomic mass is 9.70. The maximum Gasteiger partial charge on any atom is 0.119 e. The van der Waals surface area contributed by atoms with Crippen LogP contribution in [-0.4, -0.2) is 13.2 Å². The monoisotopic (exact) mass is 289 g/mol. The van der Waals surface area contributed by atoms with Gasteiger partial charge in [0.2, 0.25) is 0 Å². The lowest BCUT2D eigenvalue weighted by Gasteiger charge is -2.38. The van der Waals surface area contributed by atoms with Crippen LogP contribution in [0.3, 0.4) is 0 Å². The van der Waals surface area contributed by atoms with E-state index in [1.165, 1.54) is 31.2 Å². The van der Waals surface area contributed by atoms with E-state index in [2.05, 4.69) is 64.3 Å². The molecule has 1 saturated carbocycles. The zero-order valence-corrected chi connectivity index (χ0v) is 14.3. The molecule has 0 aromatic heterocycles. The van der Waals surface area contributed by atoms with Gasteiger partial charge in [-0.15, -0.1) is 0 Å². The Morgan fingerprint density at radius 1 is 1.10 bits per heavy atom. The van der Waals surface area contributed by atoms with Gasteiger partial charge in [0.05, 0.1) is 6.10 Å². The van der Waals surface area contributed by atoms with Crippen LogP contribution in [0.5, 0.6) is 5.75 Å². The molecule has 1 unspecified atom stereocenters. The fourth-order valence-corrected chi connectivity index (χ4v) is 3.46. The Hall–Kier alpha value is -1.02. The van der Waals surface area contributed by atoms with E-state index in [1.807, 2.05) is 0 Å². The van der Waals surface area contributed by atoms with E-state index in [-0.39, 0.29) is 6.10 Å². The van der Waals surface area contributed by atoms with E-state index in [0.717, 1.165) is 11.7 Å². The lowest BCUT2D eigenvalue weighted by Crippen LogP contribution is -2.31. The molecule has 1 aliphatic rings. The minimum atomic E-state index is 0.233. The zero-order valence-electron chi connectivity index (χ0n) is 14.3. The molecule has 2 heteroatoms. The summed E-state index contributed by atoms with van der Waals surface area (Å²) in [5.41, 5.74) is 1.92. The maximum atomic E-state index is 5.73. The number of hydrogen-bond donors (Lipinski definition) is 1. The first-order chi connectivity index (χ1) is 9.91. The van der Waals surface area contributed by atoms with E-state index < -0.39 is 0 Å². The molecule has 0 amide bonds. The lowest BCUT2D eigenvalue weighted by molar-refractivity contribution is 0.164. The summed E-state index contributed by atoms with van der Waals surface area (Å²) in [6, 6.07) is 9.12. The normalized spacial score (nSPS) is 20.5. The van der Waals surface area contributed by atoms with Crippen molar-refractivity contribution in [1.29, 1.82) is 0 Å². The molecule has 1 aliphatic carbocycles. The first kappa shape index (κ1) is 16.4. The highest BCUT2D eigenvalue weighted by molar-refractivity contribution is 5.29. The third kappa shape index (κ3) is 4.47. The minimum absolute atomic E-state index is 0.233. The van der Waals surface area contributed by atoms with Crippen molar-refractivity contribution in [3.05, 3.63) is 29.8 Å². The third-order valence-corrected chi connectivity index (χ3v) is 4.78. The van der Waals surface area contributed by atoms with E-state index in [4.69, 9.17) is 4.74 Å². The molecule has 0 spiro atoms. The van der Waals surface area contributed by atoms with Crippen LogP contribution in [0.2, 0.25) is 0 Å². The Kier molecular flexibility index (Phi) is 5.32. The SMILES string of the molecule is CNC(c1ccc(OC(C)C)cc1)C1CCC(C)(C)CC1. The molecule has 1 aromatic carbocycles. The van der Waals surface area contributed by atoms with Gasteiger partial charge in [-0.25, -0.2) is 0 Å². The summed E-state index contributed by atoms with van der Waals surface area (Å²) < 4.78 is 5.73. The number of hydrogen-bond acceptors (Lipinski definition) is 2. The van der Waals surface area contributed by atoms with Gasteiger partial charge >= 0.3 is 0 Å². The third-order valence-electron chi connectivity index (χ3n) is 4.78. The number of rotatable bonds is 5. The topological polar surface area (TPSA) is 21.3 Å². The minimum Gasteiger partial charge on any atom is -0.491 e. The van der Waals surface area contributed by atoms with Crippen LogP contribution in [0.4, 0.5) is 0 Å². The summed E-state index contributed by atoms with van der Waals surface area (Å²) in [6.07, 6.45) is 5.55. The van der Waals surface area contributed by atoms with Crippen molar-refractivity contribution in [2.75, 3.05) is 7.05 Å². The molecule has 0 bridgehead atoms. The van der Waals surface area contributed by atoms with Crippen molar-refractivity contribution in [3.8, 4) is 5.75 Å². The van der Waals surface area contributed by atoms with Crippen molar-refractivity contribution in [3.63, 3.8) is 0 Å². The van der Waals surface area contributed by atoms with Crippen molar-refractivity contribution >= 4 is 0 Å². The Morgan fingerprint density at radius 3 is 2.14 bits per heavy atom. The molecule has 2 nitrogen and oxygen atoms in total. The molecular formula is C19H31NO. The van der Waals surface area contributed by atoms with Crippen LogP contribution in [0.1, 0.15) is 65.0 Å². The van der Waals surface area contributed by atoms with E-state index in [1.54, 1.807) is 0 Å². The van der Waals surface area contributed by atoms with Gasteiger partial charge in [-0.05, 0) is 75.6 Å². The highest BCUT2D eigenvalue weighted by Crippen LogP contribution is 2.42. The van der Waals surface area contributed by atoms with Gasteiger partial charge in [-0.3, -0.25) is 0 Å². The second-order valence-electron chi connectivity index (χ2n) is 7.50. The van der Waals surface area contributed by atoms with E-state index in [9.17, 15) is 0 Å². The van der Waals surface area contributed by atoms with Crippen molar-refractivity contribution < 1.29 is 4.74 Å². The maximum absolute atomic E-state index is 5.73. The zero-order chi connectivity index (χ0) is 15.5. The van der Waals surface area contributed by atoms with Crippen LogP contribution in [-0.2, 0) is 0 Å². The molecular weight excluding hydrogens is 258 g/mol. The summed E-state index contributed by atoms with van der Waals surface area (Å²) in [6.45, 7) is 8.92. The molecule has 21 heavy (non-hydrogen) atoms. The van der Waals surface area contributed by atoms with Crippen molar-refractivity contribution in [1.82, 2.24) is 5.32 Å². The number of nitrogens with one attached hydrogen (secondary N) is 1. The molecule has 0 heterocycles. The van der Waals surface area contributed by atoms with Crippen LogP contribution >= 0.6 is 0 Å². The predicted molar refractivity (Wildman–Crippen MR) is 89.7 cm³/mol. The van der Waals surface area contributed by atoms with Crippen LogP contribution < -0.4 is 10.1 Å². The fraction of sp³-hybridized carbons (Fsp3) is 0.684. The summed E-state index contributed by atoms with van der Waals surface area (Å²) >= 11 is 0. The van der Waals surface area contributed by atoms with Gasteiger partial charge < -0.3 is 10.1 Å². The largest absolute Gasteiger partial charge is 0.491 e. The van der Waals surface area contributed by atoms with Crippen molar-refractivity contribution in [2.45, 2.75) is 65.5 Å². The van der Waals surface area contributed by atoms with Gasteiger partial charge in [0.1, 0.15) is 5.75 Å². The highest BCUT2D eigenvalue weighted by atomic mass is 16.5. The Morgan fingerprint density at radius 2 is 1.67 bits per heavy atom. The first-order valence-electron chi connectivity index (χ1n) is 8.35. The van der Waals surface area contributed by atoms with Crippen LogP contribution in [0.15, 0.2) is 24.3 Å². The van der Waals surface area contributed by atoms with Gasteiger partial charge in [0.15, 0.2) is 0 Å². The van der Waals surface area contributed by atoms with E-state index >= 15 is 0 Å². The van der Waals surface area contributed by atoms with E-state index in [0.29, 0.717) is 11.5 Å². The molecule has 0 radical (unpaired) electrons. The van der Waals surface area contributed by atoms with Gasteiger partial charge in [0.25, 0.3) is 0 Å². The molecule has 1 aromatic rings. The molecule has 0 aliphatic heterocycles. The van der Waals surface area contributed by atoms with Crippen molar-refractivity contribution in [2.24, 2.45) is 11.3 Å². The highest BCUT2D eigenvalue weighted by Gasteiger charge is 2.31. The summed E-state index contributed by atoms with van der Waals surface area (Å²) in [7, 11) is 2.09. The number of benzene rings is 1. The fourth-order valence-electron chi connectivity index (χ4n) is 3.46. The van der Waals surface area contributed by atoms with Gasteiger partial charge in [-0.2, -0.15) is 0 Å². The van der Waals surface area contributed by atoms with Crippen LogP contribution in [0, 0.1) is 11.3 Å². The van der Waals surface area contributed by atoms with Crippen LogP contribution in [0.25, 0.3) is 0 Å².